The molecule has 2 heteroatoms. The van der Waals surface area contributed by atoms with E-state index in [-0.39, 0.29) is 0 Å². The fraction of sp³-hybridized carbons (Fsp3) is 0.407. The minimum absolute atomic E-state index is 0.659. The summed E-state index contributed by atoms with van der Waals surface area (Å²) < 4.78 is 0. The zero-order valence-corrected chi connectivity index (χ0v) is 18.1. The van der Waals surface area contributed by atoms with Crippen LogP contribution in [0.25, 0.3) is 22.2 Å². The third-order valence-corrected chi connectivity index (χ3v) is 6.85. The molecule has 29 heavy (non-hydrogen) atoms. The number of aromatic nitrogens is 1. The summed E-state index contributed by atoms with van der Waals surface area (Å²) in [4.78, 5) is 6.43. The highest BCUT2D eigenvalue weighted by atomic mass is 15.2. The lowest BCUT2D eigenvalue weighted by Crippen LogP contribution is -2.47. The van der Waals surface area contributed by atoms with Crippen LogP contribution in [0.4, 0.5) is 0 Å². The first-order valence-corrected chi connectivity index (χ1v) is 11.2. The summed E-state index contributed by atoms with van der Waals surface area (Å²) in [6, 6.07) is 20.2. The lowest BCUT2D eigenvalue weighted by molar-refractivity contribution is 0.0796. The summed E-state index contributed by atoms with van der Waals surface area (Å²) >= 11 is 0. The van der Waals surface area contributed by atoms with Crippen molar-refractivity contribution in [3.8, 4) is 11.3 Å². The minimum Gasteiger partial charge on any atom is -0.354 e. The van der Waals surface area contributed by atoms with Gasteiger partial charge in [0.2, 0.25) is 0 Å². The van der Waals surface area contributed by atoms with Crippen molar-refractivity contribution in [1.29, 1.82) is 0 Å². The molecule has 1 N–H and O–H groups in total. The maximum absolute atomic E-state index is 3.70. The summed E-state index contributed by atoms with van der Waals surface area (Å²) in [7, 11) is 0. The number of rotatable bonds is 6. The molecule has 1 aliphatic rings. The fourth-order valence-electron chi connectivity index (χ4n) is 5.21. The molecule has 3 unspecified atom stereocenters. The van der Waals surface area contributed by atoms with Crippen molar-refractivity contribution >= 4 is 10.9 Å². The molecule has 2 nitrogen and oxygen atoms in total. The van der Waals surface area contributed by atoms with E-state index in [1.807, 2.05) is 0 Å². The average Bonchev–Trinajstić information content (AvgIpc) is 3.13. The van der Waals surface area contributed by atoms with Gasteiger partial charge in [0.25, 0.3) is 0 Å². The van der Waals surface area contributed by atoms with Gasteiger partial charge in [0.15, 0.2) is 0 Å². The Labute approximate surface area is 175 Å². The molecule has 152 valence electrons. The van der Waals surface area contributed by atoms with Crippen LogP contribution in [0.3, 0.4) is 0 Å². The van der Waals surface area contributed by atoms with Crippen molar-refractivity contribution in [1.82, 2.24) is 9.88 Å². The van der Waals surface area contributed by atoms with Crippen LogP contribution in [0.5, 0.6) is 0 Å². The summed E-state index contributed by atoms with van der Waals surface area (Å²) in [6.07, 6.45) is 8.34. The lowest BCUT2D eigenvalue weighted by atomic mass is 9.82. The quantitative estimate of drug-likeness (QED) is 0.468. The molecule has 0 radical (unpaired) electrons. The number of H-pyrrole nitrogens is 1. The maximum atomic E-state index is 3.70. The Morgan fingerprint density at radius 2 is 1.83 bits per heavy atom. The zero-order valence-electron chi connectivity index (χ0n) is 18.1. The van der Waals surface area contributed by atoms with Crippen LogP contribution in [-0.4, -0.2) is 29.0 Å². The van der Waals surface area contributed by atoms with Crippen molar-refractivity contribution in [2.24, 2.45) is 11.8 Å². The maximum Gasteiger partial charge on any atom is 0.0497 e. The standard InChI is InChI=1S/C27H34N2/c1-4-11-21-18-22(5-2)20(3)29(19-21)17-16-25-24-14-9-10-15-26(24)28-27(25)23-12-7-6-8-13-23/h4,6-15,20-22,28H,5,16-19H2,1-3H3/b11-4-. The molecule has 0 spiro atoms. The Kier molecular flexibility index (Phi) is 6.20. The Balaban J connectivity index is 1.62. The lowest BCUT2D eigenvalue weighted by Gasteiger charge is -2.42. The third-order valence-electron chi connectivity index (χ3n) is 6.85. The Bertz CT molecular complexity index is 953. The first-order valence-electron chi connectivity index (χ1n) is 11.2. The molecule has 1 aromatic heterocycles. The van der Waals surface area contributed by atoms with Gasteiger partial charge in [-0.3, -0.25) is 4.90 Å². The number of likely N-dealkylation sites (tertiary alicyclic amines) is 1. The van der Waals surface area contributed by atoms with Crippen molar-refractivity contribution < 1.29 is 0 Å². The molecule has 2 aromatic carbocycles. The number of allylic oxidation sites excluding steroid dienone is 1. The molecule has 0 saturated carbocycles. The largest absolute Gasteiger partial charge is 0.354 e. The van der Waals surface area contributed by atoms with Crippen molar-refractivity contribution in [2.75, 3.05) is 13.1 Å². The van der Waals surface area contributed by atoms with E-state index in [0.29, 0.717) is 12.0 Å². The van der Waals surface area contributed by atoms with Gasteiger partial charge in [-0.2, -0.15) is 0 Å². The molecule has 0 bridgehead atoms. The molecule has 3 atom stereocenters. The molecule has 0 aliphatic carbocycles. The van der Waals surface area contributed by atoms with Gasteiger partial charge in [-0.15, -0.1) is 0 Å². The topological polar surface area (TPSA) is 19.0 Å². The van der Waals surface area contributed by atoms with E-state index in [1.54, 1.807) is 0 Å². The van der Waals surface area contributed by atoms with E-state index in [2.05, 4.69) is 97.4 Å². The second-order valence-corrected chi connectivity index (χ2v) is 8.57. The summed E-state index contributed by atoms with van der Waals surface area (Å²) in [5.74, 6) is 1.49. The van der Waals surface area contributed by atoms with Gasteiger partial charge in [-0.05, 0) is 55.7 Å². The van der Waals surface area contributed by atoms with Crippen LogP contribution in [0.1, 0.15) is 39.2 Å². The first kappa shape index (κ1) is 20.0. The SMILES string of the molecule is C/C=C\C1CC(CC)C(C)N(CCc2c(-c3ccccc3)[nH]c3ccccc23)C1. The normalized spacial score (nSPS) is 23.2. The van der Waals surface area contributed by atoms with Crippen LogP contribution in [0, 0.1) is 11.8 Å². The second-order valence-electron chi connectivity index (χ2n) is 8.57. The number of fused-ring (bicyclic) bond motifs is 1. The van der Waals surface area contributed by atoms with Gasteiger partial charge >= 0.3 is 0 Å². The van der Waals surface area contributed by atoms with Gasteiger partial charge in [0.05, 0.1) is 0 Å². The molecular weight excluding hydrogens is 352 g/mol. The fourth-order valence-corrected chi connectivity index (χ4v) is 5.21. The zero-order chi connectivity index (χ0) is 20.2. The highest BCUT2D eigenvalue weighted by molar-refractivity contribution is 5.90. The molecular formula is C27H34N2. The van der Waals surface area contributed by atoms with Gasteiger partial charge in [0, 0.05) is 35.7 Å². The number of hydrogen-bond donors (Lipinski definition) is 1. The molecule has 1 aliphatic heterocycles. The van der Waals surface area contributed by atoms with Crippen LogP contribution >= 0.6 is 0 Å². The van der Waals surface area contributed by atoms with E-state index in [1.165, 1.54) is 47.1 Å². The smallest absolute Gasteiger partial charge is 0.0497 e. The predicted molar refractivity (Wildman–Crippen MR) is 125 cm³/mol. The van der Waals surface area contributed by atoms with Crippen LogP contribution < -0.4 is 0 Å². The van der Waals surface area contributed by atoms with Crippen LogP contribution in [-0.2, 0) is 6.42 Å². The second kappa shape index (κ2) is 9.00. The number of nitrogens with one attached hydrogen (secondary N) is 1. The van der Waals surface area contributed by atoms with Crippen molar-refractivity contribution in [2.45, 2.75) is 46.1 Å². The monoisotopic (exact) mass is 386 g/mol. The van der Waals surface area contributed by atoms with E-state index in [9.17, 15) is 0 Å². The minimum atomic E-state index is 0.659. The Morgan fingerprint density at radius 1 is 1.07 bits per heavy atom. The van der Waals surface area contributed by atoms with Crippen molar-refractivity contribution in [3.63, 3.8) is 0 Å². The Morgan fingerprint density at radius 3 is 2.59 bits per heavy atom. The number of nitrogens with zero attached hydrogens (tertiary/aromatic N) is 1. The van der Waals surface area contributed by atoms with Gasteiger partial charge in [-0.25, -0.2) is 0 Å². The number of hydrogen-bond acceptors (Lipinski definition) is 1. The van der Waals surface area contributed by atoms with Gasteiger partial charge in [-0.1, -0.05) is 74.0 Å². The first-order chi connectivity index (χ1) is 14.2. The number of para-hydroxylation sites is 1. The number of piperidine rings is 1. The van der Waals surface area contributed by atoms with Gasteiger partial charge in [0.1, 0.15) is 0 Å². The van der Waals surface area contributed by atoms with E-state index < -0.39 is 0 Å². The van der Waals surface area contributed by atoms with E-state index in [4.69, 9.17) is 0 Å². The van der Waals surface area contributed by atoms with E-state index in [0.717, 1.165) is 18.9 Å². The molecule has 2 heterocycles. The molecule has 1 saturated heterocycles. The highest BCUT2D eigenvalue weighted by Crippen LogP contribution is 2.33. The summed E-state index contributed by atoms with van der Waals surface area (Å²) in [6.45, 7) is 9.25. The molecule has 3 aromatic rings. The summed E-state index contributed by atoms with van der Waals surface area (Å²) in [5.41, 5.74) is 5.27. The van der Waals surface area contributed by atoms with Gasteiger partial charge < -0.3 is 4.98 Å². The summed E-state index contributed by atoms with van der Waals surface area (Å²) in [5, 5.41) is 1.37. The predicted octanol–water partition coefficient (Wildman–Crippen LogP) is 6.69. The van der Waals surface area contributed by atoms with Crippen LogP contribution in [0.15, 0.2) is 66.7 Å². The van der Waals surface area contributed by atoms with Crippen molar-refractivity contribution in [3.05, 3.63) is 72.3 Å². The number of aromatic amines is 1. The van der Waals surface area contributed by atoms with Crippen LogP contribution in [0.2, 0.25) is 0 Å². The molecule has 0 amide bonds. The number of benzene rings is 2. The third kappa shape index (κ3) is 4.18. The van der Waals surface area contributed by atoms with E-state index >= 15 is 0 Å². The molecule has 4 rings (SSSR count). The molecule has 1 fully saturated rings. The Hall–Kier alpha value is -2.32. The average molecular weight is 387 g/mol. The highest BCUT2D eigenvalue weighted by Gasteiger charge is 2.31.